The number of carbonyl (C=O) groups is 2. The van der Waals surface area contributed by atoms with Crippen molar-refractivity contribution in [1.29, 1.82) is 0 Å². The van der Waals surface area contributed by atoms with Crippen LogP contribution in [0, 0.1) is 0 Å². The van der Waals surface area contributed by atoms with Crippen molar-refractivity contribution in [3.8, 4) is 11.5 Å². The molecule has 0 aliphatic heterocycles. The second kappa shape index (κ2) is 8.85. The summed E-state index contributed by atoms with van der Waals surface area (Å²) in [4.78, 5) is 24.3. The molecule has 8 heteroatoms. The Hall–Kier alpha value is -2.64. The van der Waals surface area contributed by atoms with Crippen molar-refractivity contribution >= 4 is 17.9 Å². The molecule has 1 N–H and O–H groups in total. The molecule has 134 valence electrons. The van der Waals surface area contributed by atoms with Crippen molar-refractivity contribution in [2.45, 2.75) is 39.9 Å². The van der Waals surface area contributed by atoms with Crippen LogP contribution in [0.15, 0.2) is 18.2 Å². The summed E-state index contributed by atoms with van der Waals surface area (Å²) < 4.78 is 20.6. The van der Waals surface area contributed by atoms with Crippen LogP contribution in [0.25, 0.3) is 0 Å². The van der Waals surface area contributed by atoms with Gasteiger partial charge in [-0.1, -0.05) is 0 Å². The largest absolute Gasteiger partial charge is 0.497 e. The van der Waals surface area contributed by atoms with Crippen LogP contribution in [-0.4, -0.2) is 38.6 Å². The molecular weight excluding hydrogens is 316 g/mol. The first-order valence-corrected chi connectivity index (χ1v) is 7.48. The van der Waals surface area contributed by atoms with E-state index in [1.807, 2.05) is 0 Å². The minimum atomic E-state index is -0.796. The lowest BCUT2D eigenvalue weighted by Gasteiger charge is -2.25. The zero-order chi connectivity index (χ0) is 18.3. The van der Waals surface area contributed by atoms with E-state index >= 15 is 0 Å². The van der Waals surface area contributed by atoms with Crippen LogP contribution in [-0.2, 0) is 9.47 Å². The summed E-state index contributed by atoms with van der Waals surface area (Å²) in [5.41, 5.74) is 2.61. The Labute approximate surface area is 141 Å². The van der Waals surface area contributed by atoms with E-state index in [0.29, 0.717) is 11.5 Å². The van der Waals surface area contributed by atoms with Gasteiger partial charge in [0.1, 0.15) is 17.2 Å². The number of anilines is 1. The summed E-state index contributed by atoms with van der Waals surface area (Å²) in [7, 11) is 2.94. The first-order valence-electron chi connectivity index (χ1n) is 7.48. The van der Waals surface area contributed by atoms with Gasteiger partial charge in [0.05, 0.1) is 26.4 Å². The highest BCUT2D eigenvalue weighted by Gasteiger charge is 2.25. The average Bonchev–Trinajstić information content (AvgIpc) is 2.50. The van der Waals surface area contributed by atoms with Gasteiger partial charge in [-0.3, -0.25) is 0 Å². The fraction of sp³-hybridized carbons (Fsp3) is 0.500. The van der Waals surface area contributed by atoms with Crippen molar-refractivity contribution in [1.82, 2.24) is 5.43 Å². The van der Waals surface area contributed by atoms with Gasteiger partial charge < -0.3 is 18.9 Å². The molecule has 0 saturated carbocycles. The molecular formula is C16H24N2O6. The summed E-state index contributed by atoms with van der Waals surface area (Å²) >= 11 is 0. The Morgan fingerprint density at radius 2 is 1.62 bits per heavy atom. The van der Waals surface area contributed by atoms with Gasteiger partial charge in [-0.05, 0) is 39.8 Å². The molecule has 1 rings (SSSR count). The van der Waals surface area contributed by atoms with E-state index in [1.165, 1.54) is 20.3 Å². The first kappa shape index (κ1) is 19.4. The normalized spacial score (nSPS) is 10.3. The minimum Gasteiger partial charge on any atom is -0.497 e. The summed E-state index contributed by atoms with van der Waals surface area (Å²) in [6, 6.07) is 4.82. The first-order chi connectivity index (χ1) is 11.3. The fourth-order valence-corrected chi connectivity index (χ4v) is 1.76. The van der Waals surface area contributed by atoms with E-state index in [0.717, 1.165) is 5.01 Å². The van der Waals surface area contributed by atoms with E-state index in [9.17, 15) is 9.59 Å². The standard InChI is InChI=1S/C16H24N2O6/c1-10(2)23-15(19)17-18(16(20)24-11(3)4)13-9-12(21-5)7-8-14(13)22-6/h7-11H,1-6H3,(H,17,19). The van der Waals surface area contributed by atoms with Crippen LogP contribution in [0.5, 0.6) is 11.5 Å². The van der Waals surface area contributed by atoms with Crippen molar-refractivity contribution in [3.63, 3.8) is 0 Å². The highest BCUT2D eigenvalue weighted by molar-refractivity contribution is 5.92. The molecule has 0 bridgehead atoms. The molecule has 2 amide bonds. The predicted octanol–water partition coefficient (Wildman–Crippen LogP) is 3.10. The molecule has 0 aromatic heterocycles. The van der Waals surface area contributed by atoms with Crippen molar-refractivity contribution < 1.29 is 28.5 Å². The van der Waals surface area contributed by atoms with Gasteiger partial charge in [-0.15, -0.1) is 0 Å². The molecule has 24 heavy (non-hydrogen) atoms. The highest BCUT2D eigenvalue weighted by atomic mass is 16.6. The molecule has 0 aliphatic carbocycles. The average molecular weight is 340 g/mol. The lowest BCUT2D eigenvalue weighted by Crippen LogP contribution is -2.48. The zero-order valence-electron chi connectivity index (χ0n) is 14.8. The summed E-state index contributed by atoms with van der Waals surface area (Å²) in [5, 5.41) is 0.923. The highest BCUT2D eigenvalue weighted by Crippen LogP contribution is 2.32. The maximum absolute atomic E-state index is 12.4. The number of amides is 2. The number of hydrazine groups is 1. The molecule has 0 atom stereocenters. The maximum Gasteiger partial charge on any atom is 0.434 e. The number of carbonyl (C=O) groups excluding carboxylic acids is 2. The quantitative estimate of drug-likeness (QED) is 0.829. The van der Waals surface area contributed by atoms with Crippen LogP contribution in [0.2, 0.25) is 0 Å². The van der Waals surface area contributed by atoms with Crippen molar-refractivity contribution in [2.75, 3.05) is 19.2 Å². The van der Waals surface area contributed by atoms with Gasteiger partial charge in [0, 0.05) is 6.07 Å². The predicted molar refractivity (Wildman–Crippen MR) is 88.4 cm³/mol. The molecule has 1 aromatic rings. The van der Waals surface area contributed by atoms with Gasteiger partial charge in [-0.2, -0.15) is 5.01 Å². The Morgan fingerprint density at radius 1 is 1.00 bits per heavy atom. The Kier molecular flexibility index (Phi) is 7.16. The number of rotatable bonds is 5. The molecule has 1 aromatic carbocycles. The maximum atomic E-state index is 12.4. The number of methoxy groups -OCH3 is 2. The van der Waals surface area contributed by atoms with Gasteiger partial charge in [0.15, 0.2) is 0 Å². The Morgan fingerprint density at radius 3 is 2.12 bits per heavy atom. The topological polar surface area (TPSA) is 86.3 Å². The summed E-state index contributed by atoms with van der Waals surface area (Å²) in [5.74, 6) is 0.827. The third kappa shape index (κ3) is 5.53. The minimum absolute atomic E-state index is 0.253. The van der Waals surface area contributed by atoms with E-state index in [-0.39, 0.29) is 17.9 Å². The van der Waals surface area contributed by atoms with Crippen LogP contribution in [0.4, 0.5) is 15.3 Å². The van der Waals surface area contributed by atoms with Gasteiger partial charge in [0.25, 0.3) is 0 Å². The van der Waals surface area contributed by atoms with Crippen LogP contribution in [0.3, 0.4) is 0 Å². The second-order valence-corrected chi connectivity index (χ2v) is 5.37. The molecule has 0 aliphatic rings. The van der Waals surface area contributed by atoms with Crippen LogP contribution < -0.4 is 19.9 Å². The Bertz CT molecular complexity index is 574. The fourth-order valence-electron chi connectivity index (χ4n) is 1.76. The Balaban J connectivity index is 3.20. The van der Waals surface area contributed by atoms with Crippen molar-refractivity contribution in [2.24, 2.45) is 0 Å². The summed E-state index contributed by atoms with van der Waals surface area (Å²) in [6.07, 6.45) is -2.30. The molecule has 0 radical (unpaired) electrons. The molecule has 8 nitrogen and oxygen atoms in total. The lowest BCUT2D eigenvalue weighted by atomic mass is 10.2. The number of hydrogen-bond acceptors (Lipinski definition) is 6. The molecule has 0 unspecified atom stereocenters. The molecule has 0 spiro atoms. The van der Waals surface area contributed by atoms with E-state index in [1.54, 1.807) is 39.8 Å². The van der Waals surface area contributed by atoms with Crippen LogP contribution >= 0.6 is 0 Å². The molecule has 0 heterocycles. The number of nitrogens with one attached hydrogen (secondary N) is 1. The number of benzene rings is 1. The van der Waals surface area contributed by atoms with E-state index in [2.05, 4.69) is 5.43 Å². The third-order valence-electron chi connectivity index (χ3n) is 2.69. The van der Waals surface area contributed by atoms with Crippen molar-refractivity contribution in [3.05, 3.63) is 18.2 Å². The smallest absolute Gasteiger partial charge is 0.434 e. The second-order valence-electron chi connectivity index (χ2n) is 5.37. The number of hydrogen-bond donors (Lipinski definition) is 1. The third-order valence-corrected chi connectivity index (χ3v) is 2.69. The van der Waals surface area contributed by atoms with Gasteiger partial charge >= 0.3 is 12.2 Å². The van der Waals surface area contributed by atoms with Gasteiger partial charge in [-0.25, -0.2) is 15.0 Å². The SMILES string of the molecule is COc1ccc(OC)c(N(NC(=O)OC(C)C)C(=O)OC(C)C)c1. The van der Waals surface area contributed by atoms with Crippen LogP contribution in [0.1, 0.15) is 27.7 Å². The molecule has 0 saturated heterocycles. The number of ether oxygens (including phenoxy) is 4. The van der Waals surface area contributed by atoms with E-state index < -0.39 is 12.2 Å². The number of nitrogens with zero attached hydrogens (tertiary/aromatic N) is 1. The lowest BCUT2D eigenvalue weighted by molar-refractivity contribution is 0.103. The summed E-state index contributed by atoms with van der Waals surface area (Å²) in [6.45, 7) is 6.79. The zero-order valence-corrected chi connectivity index (χ0v) is 14.8. The van der Waals surface area contributed by atoms with E-state index in [4.69, 9.17) is 18.9 Å². The monoisotopic (exact) mass is 340 g/mol. The molecule has 0 fully saturated rings. The van der Waals surface area contributed by atoms with Gasteiger partial charge in [0.2, 0.25) is 0 Å².